The summed E-state index contributed by atoms with van der Waals surface area (Å²) < 4.78 is 0. The van der Waals surface area contributed by atoms with Crippen LogP contribution in [0.1, 0.15) is 21.7 Å². The molecule has 0 saturated heterocycles. The maximum atomic E-state index is 12.0. The number of nitrogens with two attached hydrogens (primary N) is 1. The molecule has 0 unspecified atom stereocenters. The highest BCUT2D eigenvalue weighted by atomic mass is 16.1. The second-order valence-electron chi connectivity index (χ2n) is 4.22. The van der Waals surface area contributed by atoms with Crippen molar-refractivity contribution in [3.05, 3.63) is 47.5 Å². The number of nitrogens with zero attached hydrogens (tertiary/aromatic N) is 1. The molecule has 0 atom stereocenters. The van der Waals surface area contributed by atoms with Gasteiger partial charge in [-0.25, -0.2) is 4.98 Å². The second-order valence-corrected chi connectivity index (χ2v) is 4.22. The van der Waals surface area contributed by atoms with Gasteiger partial charge in [0.15, 0.2) is 0 Å². The average Bonchev–Trinajstić information content (AvgIpc) is 2.91. The Morgan fingerprint density at radius 1 is 1.47 bits per heavy atom. The fourth-order valence-electron chi connectivity index (χ4n) is 1.83. The van der Waals surface area contributed by atoms with Crippen LogP contribution in [0.3, 0.4) is 0 Å². The molecule has 2 aromatic rings. The van der Waals surface area contributed by atoms with E-state index in [-0.39, 0.29) is 5.91 Å². The monoisotopic (exact) mass is 259 g/mol. The van der Waals surface area contributed by atoms with Gasteiger partial charge in [0.25, 0.3) is 5.91 Å². The third-order valence-electron chi connectivity index (χ3n) is 2.84. The smallest absolute Gasteiger partial charge is 0.251 e. The quantitative estimate of drug-likeness (QED) is 0.475. The Morgan fingerprint density at radius 3 is 2.95 bits per heavy atom. The summed E-state index contributed by atoms with van der Waals surface area (Å²) in [7, 11) is 0. The molecule has 1 heterocycles. The number of carbonyl (C=O) groups is 1. The lowest BCUT2D eigenvalue weighted by atomic mass is 10.1. The zero-order valence-corrected chi connectivity index (χ0v) is 10.7. The predicted molar refractivity (Wildman–Crippen MR) is 73.6 cm³/mol. The predicted octanol–water partition coefficient (Wildman–Crippen LogP) is 0.976. The molecule has 0 aliphatic carbocycles. The summed E-state index contributed by atoms with van der Waals surface area (Å²) in [5, 5.41) is 2.86. The Balaban J connectivity index is 1.92. The average molecular weight is 259 g/mol. The van der Waals surface area contributed by atoms with Crippen LogP contribution < -0.4 is 16.6 Å². The number of benzene rings is 1. The first-order chi connectivity index (χ1) is 9.20. The molecular weight excluding hydrogens is 242 g/mol. The lowest BCUT2D eigenvalue weighted by Crippen LogP contribution is -2.26. The molecule has 6 nitrogen and oxygen atoms in total. The van der Waals surface area contributed by atoms with Crippen molar-refractivity contribution < 1.29 is 4.79 Å². The zero-order valence-electron chi connectivity index (χ0n) is 10.7. The molecule has 1 amide bonds. The van der Waals surface area contributed by atoms with Gasteiger partial charge in [-0.1, -0.05) is 0 Å². The Labute approximate surface area is 111 Å². The molecular formula is C13H17N5O. The maximum absolute atomic E-state index is 12.0. The van der Waals surface area contributed by atoms with Crippen LogP contribution in [0.5, 0.6) is 0 Å². The number of nitrogens with one attached hydrogen (secondary N) is 3. The number of aromatic amines is 1. The van der Waals surface area contributed by atoms with E-state index >= 15 is 0 Å². The molecule has 1 aromatic carbocycles. The van der Waals surface area contributed by atoms with Crippen molar-refractivity contribution >= 4 is 11.6 Å². The number of anilines is 1. The number of amides is 1. The molecule has 0 radical (unpaired) electrons. The minimum absolute atomic E-state index is 0.0902. The number of hydrazine groups is 1. The maximum Gasteiger partial charge on any atom is 0.251 e. The van der Waals surface area contributed by atoms with E-state index in [9.17, 15) is 4.79 Å². The van der Waals surface area contributed by atoms with Crippen LogP contribution in [-0.4, -0.2) is 22.4 Å². The van der Waals surface area contributed by atoms with Crippen molar-refractivity contribution in [2.24, 2.45) is 5.84 Å². The fourth-order valence-corrected chi connectivity index (χ4v) is 1.83. The van der Waals surface area contributed by atoms with Crippen LogP contribution in [-0.2, 0) is 6.42 Å². The van der Waals surface area contributed by atoms with Crippen LogP contribution in [0.2, 0.25) is 0 Å². The lowest BCUT2D eigenvalue weighted by Gasteiger charge is -2.08. The van der Waals surface area contributed by atoms with Crippen molar-refractivity contribution in [3.63, 3.8) is 0 Å². The van der Waals surface area contributed by atoms with Gasteiger partial charge in [0.1, 0.15) is 5.82 Å². The minimum Gasteiger partial charge on any atom is -0.352 e. The summed E-state index contributed by atoms with van der Waals surface area (Å²) in [4.78, 5) is 19.1. The SMILES string of the molecule is Cc1cc(NN)ccc1C(=O)NCCc1ncc[nH]1. The number of aryl methyl sites for hydroxylation is 1. The van der Waals surface area contributed by atoms with Crippen molar-refractivity contribution in [2.45, 2.75) is 13.3 Å². The molecule has 6 heteroatoms. The van der Waals surface area contributed by atoms with Crippen molar-refractivity contribution in [3.8, 4) is 0 Å². The van der Waals surface area contributed by atoms with Crippen LogP contribution in [0.25, 0.3) is 0 Å². The molecule has 100 valence electrons. The summed E-state index contributed by atoms with van der Waals surface area (Å²) in [5.41, 5.74) is 4.87. The van der Waals surface area contributed by atoms with Gasteiger partial charge in [0.2, 0.25) is 0 Å². The van der Waals surface area contributed by atoms with E-state index in [0.717, 1.165) is 17.1 Å². The zero-order chi connectivity index (χ0) is 13.7. The normalized spacial score (nSPS) is 10.2. The molecule has 0 saturated carbocycles. The largest absolute Gasteiger partial charge is 0.352 e. The van der Waals surface area contributed by atoms with Crippen molar-refractivity contribution in [1.29, 1.82) is 0 Å². The Hall–Kier alpha value is -2.34. The van der Waals surface area contributed by atoms with Crippen LogP contribution in [0.4, 0.5) is 5.69 Å². The molecule has 0 bridgehead atoms. The number of H-pyrrole nitrogens is 1. The Morgan fingerprint density at radius 2 is 2.32 bits per heavy atom. The molecule has 0 fully saturated rings. The Bertz CT molecular complexity index is 550. The fraction of sp³-hybridized carbons (Fsp3) is 0.231. The molecule has 1 aromatic heterocycles. The van der Waals surface area contributed by atoms with Crippen LogP contribution in [0.15, 0.2) is 30.6 Å². The summed E-state index contributed by atoms with van der Waals surface area (Å²) in [6.07, 6.45) is 4.14. The summed E-state index contributed by atoms with van der Waals surface area (Å²) in [6.45, 7) is 2.42. The van der Waals surface area contributed by atoms with Gasteiger partial charge in [-0.2, -0.15) is 0 Å². The summed E-state index contributed by atoms with van der Waals surface area (Å²) in [5.74, 6) is 6.09. The van der Waals surface area contributed by atoms with E-state index in [4.69, 9.17) is 5.84 Å². The van der Waals surface area contributed by atoms with E-state index in [1.165, 1.54) is 0 Å². The summed E-state index contributed by atoms with van der Waals surface area (Å²) in [6, 6.07) is 5.36. The lowest BCUT2D eigenvalue weighted by molar-refractivity contribution is 0.0953. The van der Waals surface area contributed by atoms with Crippen LogP contribution in [0, 0.1) is 6.92 Å². The first-order valence-corrected chi connectivity index (χ1v) is 6.04. The number of rotatable bonds is 5. The first-order valence-electron chi connectivity index (χ1n) is 6.04. The third-order valence-corrected chi connectivity index (χ3v) is 2.84. The number of hydrogen-bond acceptors (Lipinski definition) is 4. The number of carbonyl (C=O) groups excluding carboxylic acids is 1. The van der Waals surface area contributed by atoms with E-state index in [1.807, 2.05) is 13.0 Å². The molecule has 0 spiro atoms. The van der Waals surface area contributed by atoms with Crippen molar-refractivity contribution in [2.75, 3.05) is 12.0 Å². The topological polar surface area (TPSA) is 95.8 Å². The third kappa shape index (κ3) is 3.32. The van der Waals surface area contributed by atoms with E-state index < -0.39 is 0 Å². The Kier molecular flexibility index (Phi) is 4.15. The number of aromatic nitrogens is 2. The van der Waals surface area contributed by atoms with Gasteiger partial charge in [-0.05, 0) is 30.7 Å². The van der Waals surface area contributed by atoms with Crippen LogP contribution >= 0.6 is 0 Å². The van der Waals surface area contributed by atoms with E-state index in [2.05, 4.69) is 20.7 Å². The van der Waals surface area contributed by atoms with Gasteiger partial charge in [-0.3, -0.25) is 10.6 Å². The van der Waals surface area contributed by atoms with E-state index in [0.29, 0.717) is 18.5 Å². The highest BCUT2D eigenvalue weighted by Crippen LogP contribution is 2.14. The highest BCUT2D eigenvalue weighted by Gasteiger charge is 2.08. The van der Waals surface area contributed by atoms with Gasteiger partial charge in [0, 0.05) is 36.6 Å². The first kappa shape index (κ1) is 13.1. The number of nitrogen functional groups attached to an aromatic ring is 1. The van der Waals surface area contributed by atoms with Gasteiger partial charge < -0.3 is 15.7 Å². The summed E-state index contributed by atoms with van der Waals surface area (Å²) >= 11 is 0. The minimum atomic E-state index is -0.0902. The molecule has 5 N–H and O–H groups in total. The highest BCUT2D eigenvalue weighted by molar-refractivity contribution is 5.96. The number of imidazole rings is 1. The molecule has 2 rings (SSSR count). The van der Waals surface area contributed by atoms with Crippen molar-refractivity contribution in [1.82, 2.24) is 15.3 Å². The number of hydrogen-bond donors (Lipinski definition) is 4. The molecule has 0 aliphatic heterocycles. The second kappa shape index (κ2) is 6.01. The standard InChI is InChI=1S/C13H17N5O/c1-9-8-10(18-14)2-3-11(9)13(19)17-5-4-12-15-6-7-16-12/h2-3,6-8,18H,4-5,14H2,1H3,(H,15,16)(H,17,19). The van der Waals surface area contributed by atoms with E-state index in [1.54, 1.807) is 24.5 Å². The van der Waals surface area contributed by atoms with Gasteiger partial charge >= 0.3 is 0 Å². The molecule has 19 heavy (non-hydrogen) atoms. The van der Waals surface area contributed by atoms with Gasteiger partial charge in [-0.15, -0.1) is 0 Å². The van der Waals surface area contributed by atoms with Gasteiger partial charge in [0.05, 0.1) is 0 Å². The molecule has 0 aliphatic rings.